The number of hydrogen-bond acceptors (Lipinski definition) is 10. The van der Waals surface area contributed by atoms with Crippen molar-refractivity contribution >= 4 is 35.4 Å². The molecule has 228 valence electrons. The van der Waals surface area contributed by atoms with Gasteiger partial charge in [0, 0.05) is 42.6 Å². The molecular weight excluding hydrogens is 572 g/mol. The number of thioether (sulfide) groups is 1. The summed E-state index contributed by atoms with van der Waals surface area (Å²) in [5.41, 5.74) is 2.26. The number of aromatic nitrogens is 5. The van der Waals surface area contributed by atoms with E-state index in [0.717, 1.165) is 19.5 Å². The Balaban J connectivity index is 1.06. The molecule has 1 atom stereocenters. The Morgan fingerprint density at radius 3 is 2.53 bits per heavy atom. The standard InChI is InChI=1S/C29H36N8O5S/c1-2-23-5-3-4-14-36(23)18-20-6-8-21(9-7-20)27(40)31-22-10-11-25(30-17-22)42-29(41)35-15-12-24(13-16-35)43-28-32-33-34-37(28)19-26(38)39/h6-11,17,23-24H,2-5,12-16,18-19H2,1H3,(H,31,40)(H,38,39). The number of nitrogens with zero attached hydrogens (tertiary/aromatic N) is 7. The van der Waals surface area contributed by atoms with Gasteiger partial charge in [0.2, 0.25) is 11.0 Å². The minimum Gasteiger partial charge on any atom is -0.480 e. The number of pyridine rings is 1. The van der Waals surface area contributed by atoms with Crippen molar-refractivity contribution < 1.29 is 24.2 Å². The molecule has 2 amide bonds. The van der Waals surface area contributed by atoms with Crippen LogP contribution in [0.25, 0.3) is 0 Å². The van der Waals surface area contributed by atoms with E-state index in [-0.39, 0.29) is 23.6 Å². The van der Waals surface area contributed by atoms with Crippen molar-refractivity contribution in [1.82, 2.24) is 35.0 Å². The number of carbonyl (C=O) groups excluding carboxylic acids is 2. The van der Waals surface area contributed by atoms with Crippen LogP contribution in [0.3, 0.4) is 0 Å². The van der Waals surface area contributed by atoms with Gasteiger partial charge in [-0.05, 0) is 72.8 Å². The highest BCUT2D eigenvalue weighted by Gasteiger charge is 2.27. The zero-order valence-electron chi connectivity index (χ0n) is 24.1. The number of anilines is 1. The number of carboxylic acids is 1. The number of nitrogens with one attached hydrogen (secondary N) is 1. The number of amides is 2. The zero-order valence-corrected chi connectivity index (χ0v) is 24.9. The maximum absolute atomic E-state index is 12.8. The van der Waals surface area contributed by atoms with Crippen LogP contribution in [0, 0.1) is 0 Å². The van der Waals surface area contributed by atoms with Crippen molar-refractivity contribution in [2.24, 2.45) is 0 Å². The molecule has 5 rings (SSSR count). The maximum Gasteiger partial charge on any atom is 0.416 e. The van der Waals surface area contributed by atoms with Crippen LogP contribution in [0.2, 0.25) is 0 Å². The van der Waals surface area contributed by atoms with E-state index in [1.54, 1.807) is 17.0 Å². The Bertz CT molecular complexity index is 1390. The molecule has 0 saturated carbocycles. The molecule has 14 heteroatoms. The normalized spacial score (nSPS) is 17.9. The topological polar surface area (TPSA) is 156 Å². The molecule has 2 fully saturated rings. The second-order valence-corrected chi connectivity index (χ2v) is 12.0. The van der Waals surface area contributed by atoms with Gasteiger partial charge in [-0.3, -0.25) is 14.5 Å². The van der Waals surface area contributed by atoms with E-state index in [2.05, 4.69) is 37.6 Å². The van der Waals surface area contributed by atoms with Gasteiger partial charge in [0.1, 0.15) is 6.54 Å². The van der Waals surface area contributed by atoms with E-state index < -0.39 is 12.1 Å². The fourth-order valence-corrected chi connectivity index (χ4v) is 6.46. The van der Waals surface area contributed by atoms with E-state index in [0.29, 0.717) is 48.4 Å². The van der Waals surface area contributed by atoms with Crippen LogP contribution in [0.5, 0.6) is 5.88 Å². The molecule has 43 heavy (non-hydrogen) atoms. The lowest BCUT2D eigenvalue weighted by Crippen LogP contribution is -2.41. The molecular formula is C29H36N8O5S. The van der Waals surface area contributed by atoms with Gasteiger partial charge in [-0.15, -0.1) is 5.10 Å². The van der Waals surface area contributed by atoms with E-state index in [1.807, 2.05) is 24.3 Å². The van der Waals surface area contributed by atoms with Gasteiger partial charge in [-0.25, -0.2) is 14.5 Å². The van der Waals surface area contributed by atoms with Crippen molar-refractivity contribution in [2.75, 3.05) is 25.0 Å². The first-order valence-electron chi connectivity index (χ1n) is 14.6. The summed E-state index contributed by atoms with van der Waals surface area (Å²) in [4.78, 5) is 44.8. The summed E-state index contributed by atoms with van der Waals surface area (Å²) < 4.78 is 6.69. The molecule has 13 nitrogen and oxygen atoms in total. The van der Waals surface area contributed by atoms with Gasteiger partial charge in [-0.2, -0.15) is 0 Å². The highest BCUT2D eigenvalue weighted by Crippen LogP contribution is 2.29. The molecule has 1 unspecified atom stereocenters. The first-order valence-corrected chi connectivity index (χ1v) is 15.5. The molecule has 4 heterocycles. The van der Waals surface area contributed by atoms with Crippen LogP contribution in [-0.4, -0.2) is 89.0 Å². The maximum atomic E-state index is 12.8. The van der Waals surface area contributed by atoms with Crippen LogP contribution in [0.4, 0.5) is 10.5 Å². The first kappa shape index (κ1) is 30.4. The van der Waals surface area contributed by atoms with Crippen molar-refractivity contribution in [2.45, 2.75) is 75.0 Å². The average molecular weight is 609 g/mol. The van der Waals surface area contributed by atoms with E-state index in [1.165, 1.54) is 47.5 Å². The van der Waals surface area contributed by atoms with Gasteiger partial charge in [-0.1, -0.05) is 37.2 Å². The third kappa shape index (κ3) is 8.29. The summed E-state index contributed by atoms with van der Waals surface area (Å²) in [6, 6.07) is 11.5. The number of aliphatic carboxylic acids is 1. The highest BCUT2D eigenvalue weighted by atomic mass is 32.2. The molecule has 0 aliphatic carbocycles. The Labute approximate surface area is 254 Å². The Kier molecular flexibility index (Phi) is 10.2. The molecule has 2 aliphatic heterocycles. The third-order valence-corrected chi connectivity index (χ3v) is 9.07. The molecule has 2 N–H and O–H groups in total. The van der Waals surface area contributed by atoms with Crippen LogP contribution >= 0.6 is 11.8 Å². The molecule has 1 aromatic carbocycles. The second kappa shape index (κ2) is 14.4. The van der Waals surface area contributed by atoms with Gasteiger partial charge in [0.25, 0.3) is 5.91 Å². The number of rotatable bonds is 10. The summed E-state index contributed by atoms with van der Waals surface area (Å²) in [7, 11) is 0. The number of likely N-dealkylation sites (tertiary alicyclic amines) is 2. The number of carbonyl (C=O) groups is 3. The Hall–Kier alpha value is -4.04. The number of ether oxygens (including phenoxy) is 1. The lowest BCUT2D eigenvalue weighted by molar-refractivity contribution is -0.138. The molecule has 0 radical (unpaired) electrons. The lowest BCUT2D eigenvalue weighted by Gasteiger charge is -2.35. The van der Waals surface area contributed by atoms with Gasteiger partial charge >= 0.3 is 12.1 Å². The number of carboxylic acid groups (broad SMARTS) is 1. The smallest absolute Gasteiger partial charge is 0.416 e. The summed E-state index contributed by atoms with van der Waals surface area (Å²) in [6.07, 6.45) is 7.27. The van der Waals surface area contributed by atoms with Crippen LogP contribution < -0.4 is 10.1 Å². The van der Waals surface area contributed by atoms with E-state index >= 15 is 0 Å². The van der Waals surface area contributed by atoms with Crippen molar-refractivity contribution in [3.63, 3.8) is 0 Å². The number of hydrogen-bond donors (Lipinski definition) is 2. The summed E-state index contributed by atoms with van der Waals surface area (Å²) in [6.45, 7) is 4.91. The summed E-state index contributed by atoms with van der Waals surface area (Å²) in [5, 5.41) is 23.6. The highest BCUT2D eigenvalue weighted by molar-refractivity contribution is 7.99. The Morgan fingerprint density at radius 2 is 1.84 bits per heavy atom. The molecule has 2 aliphatic rings. The largest absolute Gasteiger partial charge is 0.480 e. The van der Waals surface area contributed by atoms with Crippen molar-refractivity contribution in [1.29, 1.82) is 0 Å². The van der Waals surface area contributed by atoms with Crippen LogP contribution in [0.1, 0.15) is 61.4 Å². The van der Waals surface area contributed by atoms with Crippen molar-refractivity contribution in [3.8, 4) is 5.88 Å². The summed E-state index contributed by atoms with van der Waals surface area (Å²) >= 11 is 1.41. The van der Waals surface area contributed by atoms with Crippen LogP contribution in [-0.2, 0) is 17.9 Å². The number of tetrazole rings is 1. The van der Waals surface area contributed by atoms with Crippen molar-refractivity contribution in [3.05, 3.63) is 53.7 Å². The quantitative estimate of drug-likeness (QED) is 0.344. The fraction of sp³-hybridized carbons (Fsp3) is 0.483. The van der Waals surface area contributed by atoms with E-state index in [9.17, 15) is 14.4 Å². The number of piperidine rings is 2. The average Bonchev–Trinajstić information content (AvgIpc) is 3.44. The van der Waals surface area contributed by atoms with Gasteiger partial charge < -0.3 is 20.1 Å². The van der Waals surface area contributed by atoms with Gasteiger partial charge in [0.05, 0.1) is 11.9 Å². The predicted molar refractivity (Wildman–Crippen MR) is 159 cm³/mol. The summed E-state index contributed by atoms with van der Waals surface area (Å²) in [5.74, 6) is -1.12. The SMILES string of the molecule is CCC1CCCCN1Cc1ccc(C(=O)Nc2ccc(OC(=O)N3CCC(Sc4nnnn4CC(=O)O)CC3)nc2)cc1. The molecule has 2 aromatic heterocycles. The lowest BCUT2D eigenvalue weighted by atomic mass is 9.99. The molecule has 0 bridgehead atoms. The van der Waals surface area contributed by atoms with Gasteiger partial charge in [0.15, 0.2) is 0 Å². The Morgan fingerprint density at radius 1 is 1.05 bits per heavy atom. The minimum atomic E-state index is -1.02. The second-order valence-electron chi connectivity index (χ2n) is 10.7. The zero-order chi connectivity index (χ0) is 30.2. The predicted octanol–water partition coefficient (Wildman–Crippen LogP) is 3.93. The molecule has 2 saturated heterocycles. The molecule has 0 spiro atoms. The molecule has 3 aromatic rings. The number of benzene rings is 1. The minimum absolute atomic E-state index is 0.139. The third-order valence-electron chi connectivity index (χ3n) is 7.76. The van der Waals surface area contributed by atoms with E-state index in [4.69, 9.17) is 9.84 Å². The fourth-order valence-electron chi connectivity index (χ4n) is 5.41. The first-order chi connectivity index (χ1) is 20.9. The monoisotopic (exact) mass is 608 g/mol. The van der Waals surface area contributed by atoms with Crippen LogP contribution in [0.15, 0.2) is 47.8 Å².